The second kappa shape index (κ2) is 32.7. The van der Waals surface area contributed by atoms with Gasteiger partial charge in [-0.05, 0) is 19.4 Å². The lowest BCUT2D eigenvalue weighted by Gasteiger charge is -2.45. The second-order valence-electron chi connectivity index (χ2n) is 14.2. The summed E-state index contributed by atoms with van der Waals surface area (Å²) >= 11 is 0. The first-order valence-corrected chi connectivity index (χ1v) is 20.2. The van der Waals surface area contributed by atoms with Crippen molar-refractivity contribution < 1.29 is 14.0 Å². The van der Waals surface area contributed by atoms with Gasteiger partial charge >= 0.3 is 0 Å². The number of hydrogen-bond acceptors (Lipinski definition) is 4. The average Bonchev–Trinajstić information content (AvgIpc) is 3.04. The SMILES string of the molecule is CCCCCCCCCCCCCCOCCN1CC[N+](CCCN)(CCOCCCCCCCCCCCCCC)CC1. The summed E-state index contributed by atoms with van der Waals surface area (Å²) in [5.41, 5.74) is 5.92. The summed E-state index contributed by atoms with van der Waals surface area (Å²) in [6.07, 6.45) is 34.7. The maximum Gasteiger partial charge on any atom is 0.102 e. The molecule has 5 heteroatoms. The van der Waals surface area contributed by atoms with Crippen molar-refractivity contribution in [2.45, 2.75) is 174 Å². The molecule has 1 rings (SSSR count). The largest absolute Gasteiger partial charge is 0.380 e. The Balaban J connectivity index is 1.96. The van der Waals surface area contributed by atoms with Crippen LogP contribution in [0.5, 0.6) is 0 Å². The van der Waals surface area contributed by atoms with Crippen molar-refractivity contribution in [2.24, 2.45) is 5.73 Å². The van der Waals surface area contributed by atoms with Crippen molar-refractivity contribution in [3.05, 3.63) is 0 Å². The Kier molecular flexibility index (Phi) is 31.1. The first kappa shape index (κ1) is 41.8. The molecule has 5 nitrogen and oxygen atoms in total. The Bertz CT molecular complexity index is 553. The third-order valence-corrected chi connectivity index (χ3v) is 10.2. The van der Waals surface area contributed by atoms with Crippen molar-refractivity contribution in [1.82, 2.24) is 4.90 Å². The number of nitrogens with zero attached hydrogens (tertiary/aromatic N) is 2. The molecule has 0 aromatic carbocycles. The molecular formula is C39H82N3O2+. The maximum absolute atomic E-state index is 6.14. The fourth-order valence-electron chi connectivity index (χ4n) is 6.89. The number of piperazine rings is 1. The summed E-state index contributed by atoms with van der Waals surface area (Å²) in [6.45, 7) is 17.4. The molecule has 0 aromatic heterocycles. The fourth-order valence-corrected chi connectivity index (χ4v) is 6.89. The van der Waals surface area contributed by atoms with Gasteiger partial charge in [-0.1, -0.05) is 155 Å². The standard InChI is InChI=1S/C39H82N3O2/c1-3-5-7-9-11-13-15-17-19-21-23-25-36-43-38-31-41-29-33-42(34-30-41,32-27-28-40)35-39-44-37-26-24-22-20-18-16-14-12-10-8-6-4-2/h3-40H2,1-2H3/q+1. The van der Waals surface area contributed by atoms with Crippen molar-refractivity contribution >= 4 is 0 Å². The molecule has 1 saturated heterocycles. The number of ether oxygens (including phenoxy) is 2. The van der Waals surface area contributed by atoms with Gasteiger partial charge < -0.3 is 19.7 Å². The molecule has 1 heterocycles. The Morgan fingerprint density at radius 3 is 1.25 bits per heavy atom. The molecule has 0 bridgehead atoms. The third-order valence-electron chi connectivity index (χ3n) is 10.2. The molecular weight excluding hydrogens is 542 g/mol. The van der Waals surface area contributed by atoms with Crippen molar-refractivity contribution in [3.63, 3.8) is 0 Å². The Morgan fingerprint density at radius 1 is 0.455 bits per heavy atom. The lowest BCUT2D eigenvalue weighted by atomic mass is 10.1. The van der Waals surface area contributed by atoms with E-state index in [1.54, 1.807) is 0 Å². The minimum Gasteiger partial charge on any atom is -0.380 e. The topological polar surface area (TPSA) is 47.7 Å². The Hall–Kier alpha value is -0.200. The van der Waals surface area contributed by atoms with Gasteiger partial charge in [-0.15, -0.1) is 0 Å². The number of quaternary nitrogens is 1. The number of rotatable bonds is 35. The zero-order chi connectivity index (χ0) is 31.7. The summed E-state index contributed by atoms with van der Waals surface area (Å²) < 4.78 is 13.4. The van der Waals surface area contributed by atoms with E-state index in [-0.39, 0.29) is 0 Å². The normalized spacial score (nSPS) is 15.3. The second-order valence-corrected chi connectivity index (χ2v) is 14.2. The molecule has 1 fully saturated rings. The molecule has 1 aliphatic heterocycles. The molecule has 0 radical (unpaired) electrons. The zero-order valence-electron chi connectivity index (χ0n) is 30.5. The zero-order valence-corrected chi connectivity index (χ0v) is 30.5. The van der Waals surface area contributed by atoms with Crippen molar-refractivity contribution in [1.29, 1.82) is 0 Å². The first-order chi connectivity index (χ1) is 21.8. The van der Waals surface area contributed by atoms with Crippen LogP contribution in [0.15, 0.2) is 0 Å². The van der Waals surface area contributed by atoms with Gasteiger partial charge in [0.15, 0.2) is 0 Å². The molecule has 0 unspecified atom stereocenters. The van der Waals surface area contributed by atoms with E-state index < -0.39 is 0 Å². The van der Waals surface area contributed by atoms with E-state index in [0.717, 1.165) is 52.5 Å². The van der Waals surface area contributed by atoms with Crippen LogP contribution in [0.2, 0.25) is 0 Å². The van der Waals surface area contributed by atoms with Crippen LogP contribution < -0.4 is 5.73 Å². The minimum atomic E-state index is 0.802. The summed E-state index contributed by atoms with van der Waals surface area (Å²) in [7, 11) is 0. The quantitative estimate of drug-likeness (QED) is 0.0563. The smallest absolute Gasteiger partial charge is 0.102 e. The average molecular weight is 625 g/mol. The molecule has 0 aliphatic carbocycles. The minimum absolute atomic E-state index is 0.802. The van der Waals surface area contributed by atoms with E-state index >= 15 is 0 Å². The molecule has 1 aliphatic rings. The molecule has 2 N–H and O–H groups in total. The van der Waals surface area contributed by atoms with Gasteiger partial charge in [-0.3, -0.25) is 4.90 Å². The van der Waals surface area contributed by atoms with Gasteiger partial charge in [-0.25, -0.2) is 0 Å². The number of nitrogens with two attached hydrogens (primary N) is 1. The monoisotopic (exact) mass is 625 g/mol. The predicted molar refractivity (Wildman–Crippen MR) is 194 cm³/mol. The van der Waals surface area contributed by atoms with Crippen molar-refractivity contribution in [3.8, 4) is 0 Å². The molecule has 0 atom stereocenters. The molecule has 0 aromatic rings. The molecule has 0 spiro atoms. The van der Waals surface area contributed by atoms with Crippen LogP contribution in [0.3, 0.4) is 0 Å². The lowest BCUT2D eigenvalue weighted by Crippen LogP contribution is -2.61. The maximum atomic E-state index is 6.14. The highest BCUT2D eigenvalue weighted by atomic mass is 16.5. The van der Waals surface area contributed by atoms with Crippen LogP contribution in [0.1, 0.15) is 174 Å². The molecule has 0 saturated carbocycles. The molecule has 44 heavy (non-hydrogen) atoms. The van der Waals surface area contributed by atoms with E-state index in [1.165, 1.54) is 191 Å². The van der Waals surface area contributed by atoms with Gasteiger partial charge in [0.05, 0.1) is 32.8 Å². The summed E-state index contributed by atoms with van der Waals surface area (Å²) in [4.78, 5) is 2.62. The summed E-state index contributed by atoms with van der Waals surface area (Å²) in [5, 5.41) is 0. The van der Waals surface area contributed by atoms with Crippen LogP contribution in [0, 0.1) is 0 Å². The Morgan fingerprint density at radius 2 is 0.841 bits per heavy atom. The van der Waals surface area contributed by atoms with Crippen LogP contribution in [0.4, 0.5) is 0 Å². The number of unbranched alkanes of at least 4 members (excludes halogenated alkanes) is 22. The van der Waals surface area contributed by atoms with E-state index in [0.29, 0.717) is 0 Å². The Labute approximate surface area is 277 Å². The fraction of sp³-hybridized carbons (Fsp3) is 1.00. The van der Waals surface area contributed by atoms with Gasteiger partial charge in [-0.2, -0.15) is 0 Å². The predicted octanol–water partition coefficient (Wildman–Crippen LogP) is 9.90. The first-order valence-electron chi connectivity index (χ1n) is 20.2. The summed E-state index contributed by atoms with van der Waals surface area (Å²) in [6, 6.07) is 0. The lowest BCUT2D eigenvalue weighted by molar-refractivity contribution is -0.932. The van der Waals surface area contributed by atoms with E-state index in [2.05, 4.69) is 18.7 Å². The number of hydrogen-bond donors (Lipinski definition) is 1. The van der Waals surface area contributed by atoms with E-state index in [4.69, 9.17) is 15.2 Å². The highest BCUT2D eigenvalue weighted by molar-refractivity contribution is 4.65. The third kappa shape index (κ3) is 25.9. The highest BCUT2D eigenvalue weighted by Crippen LogP contribution is 2.16. The van der Waals surface area contributed by atoms with Crippen LogP contribution >= 0.6 is 0 Å². The molecule has 0 amide bonds. The van der Waals surface area contributed by atoms with Crippen LogP contribution in [0.25, 0.3) is 0 Å². The van der Waals surface area contributed by atoms with Gasteiger partial charge in [0.25, 0.3) is 0 Å². The van der Waals surface area contributed by atoms with E-state index in [1.807, 2.05) is 0 Å². The van der Waals surface area contributed by atoms with Gasteiger partial charge in [0.2, 0.25) is 0 Å². The van der Waals surface area contributed by atoms with Crippen LogP contribution in [-0.4, -0.2) is 88.2 Å². The van der Waals surface area contributed by atoms with Gasteiger partial charge in [0.1, 0.15) is 6.54 Å². The van der Waals surface area contributed by atoms with Crippen LogP contribution in [-0.2, 0) is 9.47 Å². The van der Waals surface area contributed by atoms with E-state index in [9.17, 15) is 0 Å². The van der Waals surface area contributed by atoms with Crippen molar-refractivity contribution in [2.75, 3.05) is 78.8 Å². The van der Waals surface area contributed by atoms with Gasteiger partial charge in [0, 0.05) is 39.3 Å². The summed E-state index contributed by atoms with van der Waals surface area (Å²) in [5.74, 6) is 0. The highest BCUT2D eigenvalue weighted by Gasteiger charge is 2.32. The molecule has 264 valence electrons.